The van der Waals surface area contributed by atoms with Crippen molar-refractivity contribution in [2.45, 2.75) is 25.3 Å². The van der Waals surface area contributed by atoms with E-state index in [1.807, 2.05) is 0 Å². The number of primary amides is 1. The van der Waals surface area contributed by atoms with Gasteiger partial charge in [-0.3, -0.25) is 9.59 Å². The summed E-state index contributed by atoms with van der Waals surface area (Å²) in [6, 6.07) is 0. The predicted molar refractivity (Wildman–Crippen MR) is 35.8 cm³/mol. The van der Waals surface area contributed by atoms with Crippen LogP contribution in [0.1, 0.15) is 19.8 Å². The van der Waals surface area contributed by atoms with Crippen LogP contribution in [-0.2, 0) is 9.59 Å². The number of quaternary nitrogens is 1. The molecule has 1 atom stereocenters. The van der Waals surface area contributed by atoms with Crippen LogP contribution in [0.3, 0.4) is 0 Å². The summed E-state index contributed by atoms with van der Waals surface area (Å²) in [4.78, 5) is 20.5. The maximum Gasteiger partial charge on any atom is 0.217 e. The van der Waals surface area contributed by atoms with E-state index in [4.69, 9.17) is 5.73 Å². The van der Waals surface area contributed by atoms with Crippen LogP contribution in [-0.4, -0.2) is 17.7 Å². The van der Waals surface area contributed by atoms with Crippen molar-refractivity contribution in [3.05, 3.63) is 0 Å². The molecule has 0 spiro atoms. The third-order valence-corrected chi connectivity index (χ3v) is 1.23. The molecule has 0 aromatic carbocycles. The average molecular weight is 145 g/mol. The largest absolute Gasteiger partial charge is 0.370 e. The van der Waals surface area contributed by atoms with E-state index in [2.05, 4.69) is 5.73 Å². The van der Waals surface area contributed by atoms with Crippen molar-refractivity contribution >= 4 is 12.2 Å². The van der Waals surface area contributed by atoms with Crippen molar-refractivity contribution in [1.29, 1.82) is 0 Å². The first-order valence-corrected chi connectivity index (χ1v) is 3.08. The minimum Gasteiger partial charge on any atom is -0.370 e. The van der Waals surface area contributed by atoms with Crippen LogP contribution < -0.4 is 11.5 Å². The number of aldehydes is 1. The normalized spacial score (nSPS) is 15.8. The minimum atomic E-state index is -0.658. The fourth-order valence-corrected chi connectivity index (χ4v) is 0.468. The van der Waals surface area contributed by atoms with Gasteiger partial charge in [-0.1, -0.05) is 0 Å². The van der Waals surface area contributed by atoms with Crippen LogP contribution >= 0.6 is 0 Å². The molecule has 0 radical (unpaired) electrons. The number of hydrogen-bond donors (Lipinski definition) is 2. The Morgan fingerprint density at radius 1 is 1.80 bits per heavy atom. The molecule has 0 fully saturated rings. The van der Waals surface area contributed by atoms with Crippen LogP contribution in [0, 0.1) is 0 Å². The summed E-state index contributed by atoms with van der Waals surface area (Å²) in [5.74, 6) is -0.392. The van der Waals surface area contributed by atoms with Crippen LogP contribution in [0.25, 0.3) is 0 Å². The number of amides is 1. The molecule has 1 amide bonds. The van der Waals surface area contributed by atoms with E-state index in [9.17, 15) is 9.59 Å². The van der Waals surface area contributed by atoms with Gasteiger partial charge in [0.15, 0.2) is 6.29 Å². The van der Waals surface area contributed by atoms with Gasteiger partial charge in [-0.05, 0) is 6.92 Å². The lowest BCUT2D eigenvalue weighted by Crippen LogP contribution is -2.72. The van der Waals surface area contributed by atoms with Gasteiger partial charge in [0.2, 0.25) is 5.91 Å². The fraction of sp³-hybridized carbons (Fsp3) is 0.667. The average Bonchev–Trinajstić information content (AvgIpc) is 1.85. The van der Waals surface area contributed by atoms with Crippen molar-refractivity contribution in [3.63, 3.8) is 0 Å². The molecule has 0 saturated heterocycles. The van der Waals surface area contributed by atoms with E-state index >= 15 is 0 Å². The topological polar surface area (TPSA) is 87.8 Å². The zero-order valence-corrected chi connectivity index (χ0v) is 6.09. The molecule has 0 bridgehead atoms. The standard InChI is InChI=1S/C6H12N2O2/c1-6(8,4-9)3-2-5(7)10/h4H,2-3,8H2,1H3,(H2,7,10)/p+1. The fourth-order valence-electron chi connectivity index (χ4n) is 0.468. The monoisotopic (exact) mass is 145 g/mol. The van der Waals surface area contributed by atoms with Crippen molar-refractivity contribution in [2.24, 2.45) is 5.73 Å². The number of carbonyl (C=O) groups is 2. The second kappa shape index (κ2) is 3.31. The molecule has 5 N–H and O–H groups in total. The van der Waals surface area contributed by atoms with Gasteiger partial charge in [-0.25, -0.2) is 0 Å². The Morgan fingerprint density at radius 2 is 2.30 bits per heavy atom. The Morgan fingerprint density at radius 3 is 2.60 bits per heavy atom. The Balaban J connectivity index is 3.67. The number of carbonyl (C=O) groups excluding carboxylic acids is 2. The number of hydrogen-bond acceptors (Lipinski definition) is 2. The molecule has 0 aromatic rings. The van der Waals surface area contributed by atoms with E-state index in [-0.39, 0.29) is 6.42 Å². The lowest BCUT2D eigenvalue weighted by molar-refractivity contribution is -0.449. The molecule has 0 aliphatic rings. The smallest absolute Gasteiger partial charge is 0.217 e. The van der Waals surface area contributed by atoms with E-state index in [1.54, 1.807) is 6.92 Å². The van der Waals surface area contributed by atoms with Gasteiger partial charge < -0.3 is 11.5 Å². The predicted octanol–water partition coefficient (Wildman–Crippen LogP) is -1.55. The van der Waals surface area contributed by atoms with E-state index in [0.717, 1.165) is 6.29 Å². The minimum absolute atomic E-state index is 0.221. The summed E-state index contributed by atoms with van der Waals surface area (Å²) < 4.78 is 0. The molecule has 0 heterocycles. The summed E-state index contributed by atoms with van der Waals surface area (Å²) in [7, 11) is 0. The van der Waals surface area contributed by atoms with E-state index in [0.29, 0.717) is 6.42 Å². The molecule has 0 saturated carbocycles. The van der Waals surface area contributed by atoms with Gasteiger partial charge in [0.05, 0.1) is 0 Å². The van der Waals surface area contributed by atoms with Crippen LogP contribution in [0.2, 0.25) is 0 Å². The molecule has 4 nitrogen and oxygen atoms in total. The van der Waals surface area contributed by atoms with Gasteiger partial charge in [-0.2, -0.15) is 0 Å². The SMILES string of the molecule is CC([NH3+])(C=O)CCC(N)=O. The Bertz CT molecular complexity index is 143. The molecule has 58 valence electrons. The molecular formula is C6H13N2O2+. The highest BCUT2D eigenvalue weighted by atomic mass is 16.1. The zero-order chi connectivity index (χ0) is 8.20. The van der Waals surface area contributed by atoms with Gasteiger partial charge >= 0.3 is 0 Å². The van der Waals surface area contributed by atoms with Crippen LogP contribution in [0.5, 0.6) is 0 Å². The van der Waals surface area contributed by atoms with Gasteiger partial charge in [0.1, 0.15) is 5.54 Å². The second-order valence-electron chi connectivity index (χ2n) is 2.74. The lowest BCUT2D eigenvalue weighted by Gasteiger charge is -2.10. The first-order chi connectivity index (χ1) is 4.48. The highest BCUT2D eigenvalue weighted by molar-refractivity contribution is 5.74. The van der Waals surface area contributed by atoms with Crippen molar-refractivity contribution in [3.8, 4) is 0 Å². The summed E-state index contributed by atoms with van der Waals surface area (Å²) in [5.41, 5.74) is 7.80. The Hall–Kier alpha value is -0.900. The van der Waals surface area contributed by atoms with E-state index < -0.39 is 11.4 Å². The number of nitrogens with two attached hydrogens (primary N) is 1. The molecular weight excluding hydrogens is 132 g/mol. The highest BCUT2D eigenvalue weighted by Gasteiger charge is 2.21. The maximum atomic E-state index is 10.2. The molecule has 0 rings (SSSR count). The first kappa shape index (κ1) is 9.10. The summed E-state index contributed by atoms with van der Waals surface area (Å²) in [5, 5.41) is 0. The number of rotatable bonds is 4. The van der Waals surface area contributed by atoms with Gasteiger partial charge in [0, 0.05) is 12.8 Å². The van der Waals surface area contributed by atoms with Gasteiger partial charge in [-0.15, -0.1) is 0 Å². The first-order valence-electron chi connectivity index (χ1n) is 3.08. The molecule has 4 heteroatoms. The summed E-state index contributed by atoms with van der Waals surface area (Å²) >= 11 is 0. The third kappa shape index (κ3) is 4.03. The summed E-state index contributed by atoms with van der Waals surface area (Å²) in [6.07, 6.45) is 1.38. The Kier molecular flexibility index (Phi) is 3.02. The molecule has 10 heavy (non-hydrogen) atoms. The zero-order valence-electron chi connectivity index (χ0n) is 6.09. The maximum absolute atomic E-state index is 10.2. The van der Waals surface area contributed by atoms with E-state index in [1.165, 1.54) is 0 Å². The molecule has 1 unspecified atom stereocenters. The third-order valence-electron chi connectivity index (χ3n) is 1.23. The van der Waals surface area contributed by atoms with Crippen molar-refractivity contribution in [1.82, 2.24) is 0 Å². The lowest BCUT2D eigenvalue weighted by atomic mass is 9.99. The van der Waals surface area contributed by atoms with Crippen LogP contribution in [0.15, 0.2) is 0 Å². The molecule has 0 aliphatic carbocycles. The van der Waals surface area contributed by atoms with Crippen molar-refractivity contribution < 1.29 is 15.3 Å². The van der Waals surface area contributed by atoms with Crippen LogP contribution in [0.4, 0.5) is 0 Å². The van der Waals surface area contributed by atoms with Crippen molar-refractivity contribution in [2.75, 3.05) is 0 Å². The molecule has 0 aliphatic heterocycles. The quantitative estimate of drug-likeness (QED) is 0.469. The summed E-state index contributed by atoms with van der Waals surface area (Å²) in [6.45, 7) is 1.67. The Labute approximate surface area is 59.6 Å². The second-order valence-corrected chi connectivity index (χ2v) is 2.74. The van der Waals surface area contributed by atoms with Gasteiger partial charge in [0.25, 0.3) is 0 Å². The highest BCUT2D eigenvalue weighted by Crippen LogP contribution is 2.01. The molecule has 0 aromatic heterocycles.